The van der Waals surface area contributed by atoms with E-state index in [-0.39, 0.29) is 23.6 Å². The number of carbonyl (C=O) groups is 1. The van der Waals surface area contributed by atoms with Crippen LogP contribution in [0.2, 0.25) is 0 Å². The first-order valence-electron chi connectivity index (χ1n) is 8.89. The Morgan fingerprint density at radius 2 is 1.92 bits per heavy atom. The Hall–Kier alpha value is -1.82. The smallest absolute Gasteiger partial charge is 0.410 e. The maximum absolute atomic E-state index is 13.0. The fraction of sp³-hybridized carbons (Fsp3) is 0.632. The van der Waals surface area contributed by atoms with Crippen LogP contribution < -0.4 is 5.32 Å². The van der Waals surface area contributed by atoms with Crippen molar-refractivity contribution < 1.29 is 18.7 Å². The molecule has 138 valence electrons. The van der Waals surface area contributed by atoms with Gasteiger partial charge >= 0.3 is 6.09 Å². The maximum Gasteiger partial charge on any atom is 0.410 e. The largest absolute Gasteiger partial charge is 0.444 e. The Bertz CT molecular complexity index is 604. The van der Waals surface area contributed by atoms with Crippen LogP contribution in [0.5, 0.6) is 0 Å². The van der Waals surface area contributed by atoms with Crippen molar-refractivity contribution in [1.82, 2.24) is 4.90 Å². The summed E-state index contributed by atoms with van der Waals surface area (Å²) in [5.74, 6) is -0.237. The van der Waals surface area contributed by atoms with E-state index in [4.69, 9.17) is 9.47 Å². The Morgan fingerprint density at radius 3 is 2.52 bits per heavy atom. The van der Waals surface area contributed by atoms with E-state index >= 15 is 0 Å². The molecular weight excluding hydrogens is 323 g/mol. The number of likely N-dealkylation sites (tertiary alicyclic amines) is 1. The maximum atomic E-state index is 13.0. The van der Waals surface area contributed by atoms with Gasteiger partial charge in [0.25, 0.3) is 0 Å². The Balaban J connectivity index is 1.50. The third-order valence-electron chi connectivity index (χ3n) is 4.75. The predicted molar refractivity (Wildman–Crippen MR) is 94.2 cm³/mol. The average molecular weight is 350 g/mol. The van der Waals surface area contributed by atoms with Crippen molar-refractivity contribution in [3.63, 3.8) is 0 Å². The zero-order valence-corrected chi connectivity index (χ0v) is 15.2. The number of rotatable bonds is 2. The Labute approximate surface area is 148 Å². The Kier molecular flexibility index (Phi) is 4.91. The molecule has 2 aliphatic rings. The van der Waals surface area contributed by atoms with Gasteiger partial charge in [-0.1, -0.05) is 0 Å². The molecule has 1 spiro atoms. The second-order valence-electron chi connectivity index (χ2n) is 8.01. The van der Waals surface area contributed by atoms with Crippen molar-refractivity contribution in [2.75, 3.05) is 25.0 Å². The minimum absolute atomic E-state index is 0.170. The summed E-state index contributed by atoms with van der Waals surface area (Å²) in [6.45, 7) is 7.56. The summed E-state index contributed by atoms with van der Waals surface area (Å²) < 4.78 is 24.5. The first kappa shape index (κ1) is 18.0. The van der Waals surface area contributed by atoms with Gasteiger partial charge in [-0.3, -0.25) is 0 Å². The molecular formula is C19H27FN2O3. The van der Waals surface area contributed by atoms with Crippen LogP contribution in [-0.2, 0) is 9.47 Å². The summed E-state index contributed by atoms with van der Waals surface area (Å²) in [7, 11) is 0. The van der Waals surface area contributed by atoms with Gasteiger partial charge in [0.1, 0.15) is 11.4 Å². The Morgan fingerprint density at radius 1 is 1.28 bits per heavy atom. The number of amides is 1. The quantitative estimate of drug-likeness (QED) is 0.881. The zero-order chi connectivity index (χ0) is 18.1. The van der Waals surface area contributed by atoms with Crippen LogP contribution in [-0.4, -0.2) is 47.9 Å². The third-order valence-corrected chi connectivity index (χ3v) is 4.75. The van der Waals surface area contributed by atoms with Crippen LogP contribution in [0.25, 0.3) is 0 Å². The molecule has 1 aromatic carbocycles. The molecule has 25 heavy (non-hydrogen) atoms. The molecule has 1 amide bonds. The standard InChI is InChI=1S/C19H27FN2O3/c1-18(2,3)25-17(23)22-10-8-19(9-11-22)12-16(13-24-19)21-15-6-4-14(20)5-7-15/h4-7,16,21H,8-13H2,1-3H3/t16-/m1/s1. The molecule has 1 N–H and O–H groups in total. The lowest BCUT2D eigenvalue weighted by atomic mass is 9.87. The lowest BCUT2D eigenvalue weighted by Gasteiger charge is -2.39. The molecule has 0 bridgehead atoms. The first-order valence-corrected chi connectivity index (χ1v) is 8.89. The van der Waals surface area contributed by atoms with Gasteiger partial charge < -0.3 is 19.7 Å². The molecule has 6 heteroatoms. The molecule has 2 fully saturated rings. The molecule has 2 saturated heterocycles. The normalized spacial score (nSPS) is 22.9. The van der Waals surface area contributed by atoms with Crippen LogP contribution in [0.4, 0.5) is 14.9 Å². The van der Waals surface area contributed by atoms with E-state index in [1.165, 1.54) is 12.1 Å². The highest BCUT2D eigenvalue weighted by molar-refractivity contribution is 5.68. The van der Waals surface area contributed by atoms with Gasteiger partial charge in [-0.2, -0.15) is 0 Å². The summed E-state index contributed by atoms with van der Waals surface area (Å²) in [5.41, 5.74) is 0.259. The first-order chi connectivity index (χ1) is 11.7. The van der Waals surface area contributed by atoms with Gasteiger partial charge in [-0.05, 0) is 64.3 Å². The molecule has 1 aromatic rings. The van der Waals surface area contributed by atoms with Crippen LogP contribution in [0.3, 0.4) is 0 Å². The third kappa shape index (κ3) is 4.63. The molecule has 0 radical (unpaired) electrons. The van der Waals surface area contributed by atoms with Crippen molar-refractivity contribution >= 4 is 11.8 Å². The van der Waals surface area contributed by atoms with E-state index in [1.54, 1.807) is 17.0 Å². The topological polar surface area (TPSA) is 50.8 Å². The van der Waals surface area contributed by atoms with Crippen LogP contribution >= 0.6 is 0 Å². The van der Waals surface area contributed by atoms with E-state index in [0.717, 1.165) is 24.9 Å². The van der Waals surface area contributed by atoms with Gasteiger partial charge in [-0.25, -0.2) is 9.18 Å². The molecule has 1 atom stereocenters. The highest BCUT2D eigenvalue weighted by atomic mass is 19.1. The van der Waals surface area contributed by atoms with Crippen molar-refractivity contribution in [3.05, 3.63) is 30.1 Å². The van der Waals surface area contributed by atoms with Crippen molar-refractivity contribution in [3.8, 4) is 0 Å². The van der Waals surface area contributed by atoms with E-state index in [0.29, 0.717) is 19.7 Å². The lowest BCUT2D eigenvalue weighted by molar-refractivity contribution is -0.0485. The van der Waals surface area contributed by atoms with Gasteiger partial charge in [0.05, 0.1) is 18.2 Å². The summed E-state index contributed by atoms with van der Waals surface area (Å²) in [5, 5.41) is 3.41. The molecule has 0 saturated carbocycles. The van der Waals surface area contributed by atoms with Crippen molar-refractivity contribution in [2.45, 2.75) is 57.3 Å². The zero-order valence-electron chi connectivity index (χ0n) is 15.2. The number of hydrogen-bond donors (Lipinski definition) is 1. The molecule has 5 nitrogen and oxygen atoms in total. The number of nitrogens with zero attached hydrogens (tertiary/aromatic N) is 1. The van der Waals surface area contributed by atoms with Crippen molar-refractivity contribution in [2.24, 2.45) is 0 Å². The number of carbonyl (C=O) groups excluding carboxylic acids is 1. The van der Waals surface area contributed by atoms with Crippen LogP contribution in [0, 0.1) is 5.82 Å². The van der Waals surface area contributed by atoms with Crippen molar-refractivity contribution in [1.29, 1.82) is 0 Å². The number of nitrogens with one attached hydrogen (secondary N) is 1. The van der Waals surface area contributed by atoms with E-state index in [1.807, 2.05) is 20.8 Å². The van der Waals surface area contributed by atoms with Gasteiger partial charge in [-0.15, -0.1) is 0 Å². The molecule has 2 heterocycles. The fourth-order valence-corrected chi connectivity index (χ4v) is 3.49. The fourth-order valence-electron chi connectivity index (χ4n) is 3.49. The number of ether oxygens (including phenoxy) is 2. The monoisotopic (exact) mass is 350 g/mol. The number of anilines is 1. The van der Waals surface area contributed by atoms with Gasteiger partial charge in [0, 0.05) is 18.8 Å². The molecule has 3 rings (SSSR count). The number of benzene rings is 1. The molecule has 0 aliphatic carbocycles. The number of piperidine rings is 1. The van der Waals surface area contributed by atoms with Crippen LogP contribution in [0.15, 0.2) is 24.3 Å². The molecule has 0 unspecified atom stereocenters. The highest BCUT2D eigenvalue weighted by Crippen LogP contribution is 2.37. The minimum atomic E-state index is -0.472. The lowest BCUT2D eigenvalue weighted by Crippen LogP contribution is -2.48. The second-order valence-corrected chi connectivity index (χ2v) is 8.01. The summed E-state index contributed by atoms with van der Waals surface area (Å²) in [6.07, 6.45) is 2.27. The molecule has 0 aromatic heterocycles. The number of hydrogen-bond acceptors (Lipinski definition) is 4. The van der Waals surface area contributed by atoms with Gasteiger partial charge in [0.2, 0.25) is 0 Å². The highest BCUT2D eigenvalue weighted by Gasteiger charge is 2.44. The van der Waals surface area contributed by atoms with Gasteiger partial charge in [0.15, 0.2) is 0 Å². The van der Waals surface area contributed by atoms with E-state index in [9.17, 15) is 9.18 Å². The summed E-state index contributed by atoms with van der Waals surface area (Å²) >= 11 is 0. The summed E-state index contributed by atoms with van der Waals surface area (Å²) in [4.78, 5) is 13.9. The summed E-state index contributed by atoms with van der Waals surface area (Å²) in [6, 6.07) is 6.59. The molecule has 2 aliphatic heterocycles. The van der Waals surface area contributed by atoms with E-state index < -0.39 is 5.60 Å². The SMILES string of the molecule is CC(C)(C)OC(=O)N1CCC2(CC1)C[C@@H](Nc1ccc(F)cc1)CO2. The number of halogens is 1. The van der Waals surface area contributed by atoms with E-state index in [2.05, 4.69) is 5.32 Å². The average Bonchev–Trinajstić information content (AvgIpc) is 2.91. The van der Waals surface area contributed by atoms with Crippen LogP contribution in [0.1, 0.15) is 40.0 Å². The predicted octanol–water partition coefficient (Wildman–Crippen LogP) is 3.80. The minimum Gasteiger partial charge on any atom is -0.444 e. The second kappa shape index (κ2) is 6.83.